The Kier molecular flexibility index (Phi) is 2.68. The van der Waals surface area contributed by atoms with Gasteiger partial charge in [-0.25, -0.2) is 0 Å². The van der Waals surface area contributed by atoms with Crippen molar-refractivity contribution in [3.63, 3.8) is 0 Å². The number of epoxide rings is 1. The quantitative estimate of drug-likeness (QED) is 0.454. The third kappa shape index (κ3) is 3.45. The zero-order valence-electron chi connectivity index (χ0n) is 6.22. The Morgan fingerprint density at radius 3 is 3.00 bits per heavy atom. The van der Waals surface area contributed by atoms with E-state index in [1.165, 1.54) is 6.92 Å². The SMILES string of the molecule is CC(=O)NCCCC1CO1. The molecule has 0 aromatic heterocycles. The minimum absolute atomic E-state index is 0.0525. The molecule has 1 amide bonds. The van der Waals surface area contributed by atoms with E-state index in [2.05, 4.69) is 5.32 Å². The zero-order chi connectivity index (χ0) is 7.40. The molecule has 3 nitrogen and oxygen atoms in total. The summed E-state index contributed by atoms with van der Waals surface area (Å²) in [6, 6.07) is 0. The van der Waals surface area contributed by atoms with E-state index >= 15 is 0 Å². The Balaban J connectivity index is 1.80. The number of hydrogen-bond donors (Lipinski definition) is 1. The maximum absolute atomic E-state index is 10.4. The standard InChI is InChI=1S/C7H13NO2/c1-6(9)8-4-2-3-7-5-10-7/h7H,2-5H2,1H3,(H,8,9). The van der Waals surface area contributed by atoms with Crippen LogP contribution in [-0.4, -0.2) is 25.2 Å². The Labute approximate surface area is 60.7 Å². The van der Waals surface area contributed by atoms with Gasteiger partial charge >= 0.3 is 0 Å². The van der Waals surface area contributed by atoms with E-state index in [1.807, 2.05) is 0 Å². The first-order chi connectivity index (χ1) is 4.79. The van der Waals surface area contributed by atoms with E-state index in [-0.39, 0.29) is 5.91 Å². The Morgan fingerprint density at radius 2 is 2.50 bits per heavy atom. The van der Waals surface area contributed by atoms with Crippen molar-refractivity contribution in [1.29, 1.82) is 0 Å². The number of ether oxygens (including phenoxy) is 1. The summed E-state index contributed by atoms with van der Waals surface area (Å²) in [5, 5.41) is 2.73. The molecule has 1 fully saturated rings. The summed E-state index contributed by atoms with van der Waals surface area (Å²) in [6.07, 6.45) is 2.61. The summed E-state index contributed by atoms with van der Waals surface area (Å²) in [4.78, 5) is 10.4. The summed E-state index contributed by atoms with van der Waals surface area (Å²) in [6.45, 7) is 3.24. The number of rotatable bonds is 4. The van der Waals surface area contributed by atoms with E-state index in [1.54, 1.807) is 0 Å². The van der Waals surface area contributed by atoms with Gasteiger partial charge in [0.1, 0.15) is 0 Å². The molecule has 0 spiro atoms. The van der Waals surface area contributed by atoms with Crippen LogP contribution in [0.1, 0.15) is 19.8 Å². The maximum atomic E-state index is 10.4. The highest BCUT2D eigenvalue weighted by Crippen LogP contribution is 2.14. The van der Waals surface area contributed by atoms with Gasteiger partial charge in [-0.05, 0) is 12.8 Å². The molecule has 0 aromatic carbocycles. The molecule has 1 heterocycles. The smallest absolute Gasteiger partial charge is 0.216 e. The average Bonchev–Trinajstić information content (AvgIpc) is 2.62. The van der Waals surface area contributed by atoms with Gasteiger partial charge in [-0.2, -0.15) is 0 Å². The van der Waals surface area contributed by atoms with Crippen molar-refractivity contribution in [2.75, 3.05) is 13.2 Å². The van der Waals surface area contributed by atoms with Crippen molar-refractivity contribution in [2.45, 2.75) is 25.9 Å². The monoisotopic (exact) mass is 143 g/mol. The van der Waals surface area contributed by atoms with Gasteiger partial charge in [0, 0.05) is 13.5 Å². The van der Waals surface area contributed by atoms with E-state index in [0.29, 0.717) is 6.10 Å². The van der Waals surface area contributed by atoms with Gasteiger partial charge in [-0.3, -0.25) is 4.79 Å². The van der Waals surface area contributed by atoms with Crippen LogP contribution < -0.4 is 5.32 Å². The molecule has 0 bridgehead atoms. The largest absolute Gasteiger partial charge is 0.373 e. The van der Waals surface area contributed by atoms with E-state index in [9.17, 15) is 4.79 Å². The molecule has 0 aromatic rings. The van der Waals surface area contributed by atoms with Gasteiger partial charge in [0.15, 0.2) is 0 Å². The summed E-state index contributed by atoms with van der Waals surface area (Å²) < 4.78 is 5.00. The van der Waals surface area contributed by atoms with E-state index in [4.69, 9.17) is 4.74 Å². The molecule has 0 aliphatic carbocycles. The molecule has 1 N–H and O–H groups in total. The number of carbonyl (C=O) groups is 1. The summed E-state index contributed by atoms with van der Waals surface area (Å²) in [7, 11) is 0. The normalized spacial score (nSPS) is 22.3. The fraction of sp³-hybridized carbons (Fsp3) is 0.857. The molecule has 10 heavy (non-hydrogen) atoms. The van der Waals surface area contributed by atoms with Gasteiger partial charge in [0.05, 0.1) is 12.7 Å². The molecule has 3 heteroatoms. The predicted octanol–water partition coefficient (Wildman–Crippen LogP) is 0.301. The van der Waals surface area contributed by atoms with Crippen LogP contribution in [0, 0.1) is 0 Å². The van der Waals surface area contributed by atoms with Crippen LogP contribution in [0.2, 0.25) is 0 Å². The van der Waals surface area contributed by atoms with E-state index in [0.717, 1.165) is 26.0 Å². The Bertz CT molecular complexity index is 121. The highest BCUT2D eigenvalue weighted by atomic mass is 16.6. The Hall–Kier alpha value is -0.570. The first-order valence-corrected chi connectivity index (χ1v) is 3.65. The van der Waals surface area contributed by atoms with Crippen LogP contribution in [0.3, 0.4) is 0 Å². The minimum atomic E-state index is 0.0525. The fourth-order valence-electron chi connectivity index (χ4n) is 0.829. The minimum Gasteiger partial charge on any atom is -0.373 e. The molecular formula is C7H13NO2. The fourth-order valence-corrected chi connectivity index (χ4v) is 0.829. The topological polar surface area (TPSA) is 41.6 Å². The van der Waals surface area contributed by atoms with Gasteiger partial charge in [0.2, 0.25) is 5.91 Å². The molecule has 1 saturated heterocycles. The highest BCUT2D eigenvalue weighted by Gasteiger charge is 2.20. The van der Waals surface area contributed by atoms with Crippen LogP contribution in [-0.2, 0) is 9.53 Å². The van der Waals surface area contributed by atoms with Crippen LogP contribution in [0.15, 0.2) is 0 Å². The van der Waals surface area contributed by atoms with E-state index < -0.39 is 0 Å². The average molecular weight is 143 g/mol. The van der Waals surface area contributed by atoms with Crippen LogP contribution in [0.5, 0.6) is 0 Å². The predicted molar refractivity (Wildman–Crippen MR) is 37.7 cm³/mol. The number of hydrogen-bond acceptors (Lipinski definition) is 2. The second-order valence-electron chi connectivity index (χ2n) is 2.58. The lowest BCUT2D eigenvalue weighted by atomic mass is 10.2. The molecular weight excluding hydrogens is 130 g/mol. The highest BCUT2D eigenvalue weighted by molar-refractivity contribution is 5.72. The first kappa shape index (κ1) is 7.54. The first-order valence-electron chi connectivity index (χ1n) is 3.65. The van der Waals surface area contributed by atoms with Crippen molar-refractivity contribution in [1.82, 2.24) is 5.32 Å². The van der Waals surface area contributed by atoms with Gasteiger partial charge in [0.25, 0.3) is 0 Å². The van der Waals surface area contributed by atoms with Crippen molar-refractivity contribution in [2.24, 2.45) is 0 Å². The van der Waals surface area contributed by atoms with Gasteiger partial charge in [-0.15, -0.1) is 0 Å². The lowest BCUT2D eigenvalue weighted by Crippen LogP contribution is -2.21. The second kappa shape index (κ2) is 3.56. The van der Waals surface area contributed by atoms with Crippen molar-refractivity contribution < 1.29 is 9.53 Å². The van der Waals surface area contributed by atoms with Crippen LogP contribution in [0.4, 0.5) is 0 Å². The van der Waals surface area contributed by atoms with Crippen LogP contribution in [0.25, 0.3) is 0 Å². The maximum Gasteiger partial charge on any atom is 0.216 e. The molecule has 58 valence electrons. The summed E-state index contributed by atoms with van der Waals surface area (Å²) >= 11 is 0. The number of carbonyl (C=O) groups excluding carboxylic acids is 1. The second-order valence-corrected chi connectivity index (χ2v) is 2.58. The molecule has 0 radical (unpaired) electrons. The summed E-state index contributed by atoms with van der Waals surface area (Å²) in [5.74, 6) is 0.0525. The van der Waals surface area contributed by atoms with Crippen molar-refractivity contribution in [3.05, 3.63) is 0 Å². The molecule has 1 aliphatic heterocycles. The summed E-state index contributed by atoms with van der Waals surface area (Å²) in [5.41, 5.74) is 0. The molecule has 1 aliphatic rings. The lowest BCUT2D eigenvalue weighted by molar-refractivity contribution is -0.118. The van der Waals surface area contributed by atoms with Crippen molar-refractivity contribution in [3.8, 4) is 0 Å². The third-order valence-electron chi connectivity index (χ3n) is 1.48. The molecule has 1 rings (SSSR count). The number of amides is 1. The Morgan fingerprint density at radius 1 is 1.80 bits per heavy atom. The van der Waals surface area contributed by atoms with Crippen LogP contribution >= 0.6 is 0 Å². The van der Waals surface area contributed by atoms with Gasteiger partial charge in [-0.1, -0.05) is 0 Å². The van der Waals surface area contributed by atoms with Crippen molar-refractivity contribution >= 4 is 5.91 Å². The molecule has 1 atom stereocenters. The number of nitrogens with one attached hydrogen (secondary N) is 1. The molecule has 0 saturated carbocycles. The lowest BCUT2D eigenvalue weighted by Gasteiger charge is -1.98. The third-order valence-corrected chi connectivity index (χ3v) is 1.48. The molecule has 1 unspecified atom stereocenters. The zero-order valence-corrected chi connectivity index (χ0v) is 6.22. The van der Waals surface area contributed by atoms with Gasteiger partial charge < -0.3 is 10.1 Å².